The van der Waals surface area contributed by atoms with Crippen molar-refractivity contribution in [2.24, 2.45) is 5.92 Å². The van der Waals surface area contributed by atoms with Gasteiger partial charge < -0.3 is 9.80 Å². The number of hydrogen-bond donors (Lipinski definition) is 1. The fourth-order valence-electron chi connectivity index (χ4n) is 1.42. The standard InChI is InChI=1S/C12H29N2/c1-6-7-8-12(2)11-13-9-10-14(3,4)5/h12-13H,6-11H2,1-5H3/q+1. The monoisotopic (exact) mass is 201 g/mol. The minimum atomic E-state index is 0.836. The molecule has 0 heterocycles. The molecule has 0 aromatic heterocycles. The molecule has 86 valence electrons. The van der Waals surface area contributed by atoms with E-state index >= 15 is 0 Å². The van der Waals surface area contributed by atoms with Crippen LogP contribution in [0, 0.1) is 5.92 Å². The molecule has 0 saturated carbocycles. The van der Waals surface area contributed by atoms with Gasteiger partial charge >= 0.3 is 0 Å². The highest BCUT2D eigenvalue weighted by molar-refractivity contribution is 4.56. The molecule has 0 rings (SSSR count). The van der Waals surface area contributed by atoms with Crippen molar-refractivity contribution < 1.29 is 4.48 Å². The highest BCUT2D eigenvalue weighted by Crippen LogP contribution is 2.05. The Hall–Kier alpha value is -0.0800. The maximum atomic E-state index is 3.53. The van der Waals surface area contributed by atoms with E-state index in [2.05, 4.69) is 40.3 Å². The van der Waals surface area contributed by atoms with Crippen molar-refractivity contribution in [1.29, 1.82) is 0 Å². The van der Waals surface area contributed by atoms with Crippen LogP contribution in [0.25, 0.3) is 0 Å². The molecule has 1 atom stereocenters. The first kappa shape index (κ1) is 13.9. The lowest BCUT2D eigenvalue weighted by molar-refractivity contribution is -0.869. The summed E-state index contributed by atoms with van der Waals surface area (Å²) < 4.78 is 1.05. The fraction of sp³-hybridized carbons (Fsp3) is 1.00. The average Bonchev–Trinajstić information content (AvgIpc) is 2.07. The second kappa shape index (κ2) is 7.24. The van der Waals surface area contributed by atoms with Gasteiger partial charge in [-0.15, -0.1) is 0 Å². The summed E-state index contributed by atoms with van der Waals surface area (Å²) >= 11 is 0. The highest BCUT2D eigenvalue weighted by Gasteiger charge is 2.06. The van der Waals surface area contributed by atoms with E-state index in [9.17, 15) is 0 Å². The van der Waals surface area contributed by atoms with Crippen molar-refractivity contribution in [3.05, 3.63) is 0 Å². The number of unbranched alkanes of at least 4 members (excludes halogenated alkanes) is 1. The molecule has 2 heteroatoms. The predicted molar refractivity (Wildman–Crippen MR) is 64.5 cm³/mol. The molecular weight excluding hydrogens is 172 g/mol. The van der Waals surface area contributed by atoms with Crippen molar-refractivity contribution in [3.8, 4) is 0 Å². The molecule has 0 bridgehead atoms. The number of rotatable bonds is 8. The molecule has 2 nitrogen and oxygen atoms in total. The first-order valence-corrected chi connectivity index (χ1v) is 5.97. The molecule has 0 aromatic carbocycles. The van der Waals surface area contributed by atoms with Crippen LogP contribution < -0.4 is 5.32 Å². The third kappa shape index (κ3) is 10.0. The summed E-state index contributed by atoms with van der Waals surface area (Å²) in [6.07, 6.45) is 4.06. The first-order chi connectivity index (χ1) is 6.45. The van der Waals surface area contributed by atoms with Crippen molar-refractivity contribution in [1.82, 2.24) is 5.32 Å². The number of quaternary nitrogens is 1. The molecule has 0 aromatic rings. The van der Waals surface area contributed by atoms with Crippen LogP contribution in [0.2, 0.25) is 0 Å². The zero-order valence-corrected chi connectivity index (χ0v) is 10.8. The van der Waals surface area contributed by atoms with Gasteiger partial charge in [0.1, 0.15) is 0 Å². The Morgan fingerprint density at radius 1 is 1.21 bits per heavy atom. The van der Waals surface area contributed by atoms with Gasteiger partial charge in [0.2, 0.25) is 0 Å². The molecule has 14 heavy (non-hydrogen) atoms. The van der Waals surface area contributed by atoms with Gasteiger partial charge in [-0.2, -0.15) is 0 Å². The Balaban J connectivity index is 3.27. The van der Waals surface area contributed by atoms with Gasteiger partial charge in [-0.3, -0.25) is 0 Å². The molecule has 0 spiro atoms. The van der Waals surface area contributed by atoms with E-state index in [1.165, 1.54) is 32.4 Å². The SMILES string of the molecule is CCCCC(C)CNCC[N+](C)(C)C. The first-order valence-electron chi connectivity index (χ1n) is 5.97. The predicted octanol–water partition coefficient (Wildman–Crippen LogP) is 2.11. The van der Waals surface area contributed by atoms with Crippen LogP contribution in [0.1, 0.15) is 33.1 Å². The normalized spacial score (nSPS) is 14.4. The van der Waals surface area contributed by atoms with Gasteiger partial charge in [0.05, 0.1) is 27.7 Å². The summed E-state index contributed by atoms with van der Waals surface area (Å²) in [4.78, 5) is 0. The van der Waals surface area contributed by atoms with Crippen LogP contribution in [0.15, 0.2) is 0 Å². The van der Waals surface area contributed by atoms with E-state index < -0.39 is 0 Å². The zero-order chi connectivity index (χ0) is 11.0. The maximum absolute atomic E-state index is 3.53. The van der Waals surface area contributed by atoms with Crippen LogP contribution in [0.3, 0.4) is 0 Å². The molecule has 0 radical (unpaired) electrons. The van der Waals surface area contributed by atoms with E-state index in [0.29, 0.717) is 0 Å². The highest BCUT2D eigenvalue weighted by atomic mass is 15.3. The Morgan fingerprint density at radius 2 is 1.86 bits per heavy atom. The van der Waals surface area contributed by atoms with Gasteiger partial charge in [0, 0.05) is 6.54 Å². The quantitative estimate of drug-likeness (QED) is 0.468. The minimum Gasteiger partial charge on any atom is -0.330 e. The summed E-state index contributed by atoms with van der Waals surface area (Å²) in [5, 5.41) is 3.53. The summed E-state index contributed by atoms with van der Waals surface area (Å²) in [5.41, 5.74) is 0. The van der Waals surface area contributed by atoms with Crippen molar-refractivity contribution in [2.75, 3.05) is 40.8 Å². The average molecular weight is 201 g/mol. The number of hydrogen-bond acceptors (Lipinski definition) is 1. The van der Waals surface area contributed by atoms with Crippen molar-refractivity contribution in [2.45, 2.75) is 33.1 Å². The van der Waals surface area contributed by atoms with Crippen molar-refractivity contribution >= 4 is 0 Å². The van der Waals surface area contributed by atoms with Crippen LogP contribution in [0.5, 0.6) is 0 Å². The molecule has 0 aliphatic rings. The van der Waals surface area contributed by atoms with Crippen LogP contribution >= 0.6 is 0 Å². The minimum absolute atomic E-state index is 0.836. The second-order valence-corrected chi connectivity index (χ2v) is 5.47. The smallest absolute Gasteiger partial charge is 0.0907 e. The molecule has 0 fully saturated rings. The topological polar surface area (TPSA) is 12.0 Å². The van der Waals surface area contributed by atoms with E-state index in [1.54, 1.807) is 0 Å². The molecule has 0 saturated heterocycles. The number of nitrogens with one attached hydrogen (secondary N) is 1. The summed E-state index contributed by atoms with van der Waals surface area (Å²) in [5.74, 6) is 0.836. The maximum Gasteiger partial charge on any atom is 0.0907 e. The zero-order valence-electron chi connectivity index (χ0n) is 10.8. The summed E-state index contributed by atoms with van der Waals surface area (Å²) in [6, 6.07) is 0. The fourth-order valence-corrected chi connectivity index (χ4v) is 1.42. The van der Waals surface area contributed by atoms with E-state index in [1.807, 2.05) is 0 Å². The Bertz CT molecular complexity index is 127. The number of nitrogens with zero attached hydrogens (tertiary/aromatic N) is 1. The van der Waals surface area contributed by atoms with Gasteiger partial charge in [0.25, 0.3) is 0 Å². The van der Waals surface area contributed by atoms with E-state index in [4.69, 9.17) is 0 Å². The van der Waals surface area contributed by atoms with Gasteiger partial charge in [-0.25, -0.2) is 0 Å². The third-order valence-electron chi connectivity index (χ3n) is 2.50. The lowest BCUT2D eigenvalue weighted by Crippen LogP contribution is -2.41. The van der Waals surface area contributed by atoms with E-state index in [-0.39, 0.29) is 0 Å². The Kier molecular flexibility index (Phi) is 7.20. The van der Waals surface area contributed by atoms with Gasteiger partial charge in [0.15, 0.2) is 0 Å². The molecule has 1 N–H and O–H groups in total. The molecule has 1 unspecified atom stereocenters. The lowest BCUT2D eigenvalue weighted by Gasteiger charge is -2.24. The third-order valence-corrected chi connectivity index (χ3v) is 2.50. The van der Waals surface area contributed by atoms with Crippen molar-refractivity contribution in [3.63, 3.8) is 0 Å². The van der Waals surface area contributed by atoms with E-state index in [0.717, 1.165) is 16.9 Å². The van der Waals surface area contributed by atoms with Crippen LogP contribution in [-0.4, -0.2) is 45.3 Å². The van der Waals surface area contributed by atoms with Gasteiger partial charge in [-0.1, -0.05) is 26.7 Å². The number of likely N-dealkylation sites (N-methyl/N-ethyl adjacent to an activating group) is 1. The molecule has 0 aliphatic carbocycles. The lowest BCUT2D eigenvalue weighted by atomic mass is 10.0. The largest absolute Gasteiger partial charge is 0.330 e. The Labute approximate surface area is 90.3 Å². The van der Waals surface area contributed by atoms with Crippen LogP contribution in [0.4, 0.5) is 0 Å². The van der Waals surface area contributed by atoms with Crippen LogP contribution in [-0.2, 0) is 0 Å². The second-order valence-electron chi connectivity index (χ2n) is 5.47. The molecular formula is C12H29N2+. The molecule has 0 aliphatic heterocycles. The molecule has 0 amide bonds. The summed E-state index contributed by atoms with van der Waals surface area (Å²) in [7, 11) is 6.71. The Morgan fingerprint density at radius 3 is 2.36 bits per heavy atom. The summed E-state index contributed by atoms with van der Waals surface area (Å²) in [6.45, 7) is 8.13. The van der Waals surface area contributed by atoms with Gasteiger partial charge in [-0.05, 0) is 18.9 Å².